The summed E-state index contributed by atoms with van der Waals surface area (Å²) < 4.78 is 0. The summed E-state index contributed by atoms with van der Waals surface area (Å²) >= 11 is 0. The first-order chi connectivity index (χ1) is 8.23. The standard InChI is InChI=1S/C15H30N2O/c1-11(2)13(16)14(18)17-9-6-7-12(8-10-17)15(3,4)5/h11-13H,6-10,16H2,1-5H3. The number of carbonyl (C=O) groups is 1. The maximum atomic E-state index is 12.2. The Morgan fingerprint density at radius 2 is 1.83 bits per heavy atom. The number of carbonyl (C=O) groups excluding carboxylic acids is 1. The molecule has 1 aliphatic rings. The third kappa shape index (κ3) is 3.98. The van der Waals surface area contributed by atoms with Gasteiger partial charge in [0.15, 0.2) is 0 Å². The van der Waals surface area contributed by atoms with E-state index in [1.54, 1.807) is 0 Å². The highest BCUT2D eigenvalue weighted by molar-refractivity contribution is 5.81. The molecule has 0 spiro atoms. The molecule has 2 unspecified atom stereocenters. The van der Waals surface area contributed by atoms with Gasteiger partial charge < -0.3 is 10.6 Å². The molecule has 1 saturated heterocycles. The minimum atomic E-state index is -0.337. The summed E-state index contributed by atoms with van der Waals surface area (Å²) in [6, 6.07) is -0.337. The van der Waals surface area contributed by atoms with Crippen molar-refractivity contribution in [3.63, 3.8) is 0 Å². The molecule has 18 heavy (non-hydrogen) atoms. The Bertz CT molecular complexity index is 281. The smallest absolute Gasteiger partial charge is 0.239 e. The van der Waals surface area contributed by atoms with Gasteiger partial charge in [-0.1, -0.05) is 34.6 Å². The number of nitrogens with zero attached hydrogens (tertiary/aromatic N) is 1. The number of hydrogen-bond donors (Lipinski definition) is 1. The van der Waals surface area contributed by atoms with Gasteiger partial charge in [-0.3, -0.25) is 4.79 Å². The second-order valence-corrected chi connectivity index (χ2v) is 7.09. The van der Waals surface area contributed by atoms with Crippen LogP contribution in [0.15, 0.2) is 0 Å². The van der Waals surface area contributed by atoms with Crippen LogP contribution >= 0.6 is 0 Å². The third-order valence-corrected chi connectivity index (χ3v) is 4.27. The minimum Gasteiger partial charge on any atom is -0.341 e. The summed E-state index contributed by atoms with van der Waals surface area (Å²) in [6.45, 7) is 12.7. The summed E-state index contributed by atoms with van der Waals surface area (Å²) in [7, 11) is 0. The fourth-order valence-electron chi connectivity index (χ4n) is 2.68. The number of rotatable bonds is 2. The highest BCUT2D eigenvalue weighted by Gasteiger charge is 2.30. The van der Waals surface area contributed by atoms with Crippen LogP contribution in [0, 0.1) is 17.3 Å². The van der Waals surface area contributed by atoms with Crippen LogP contribution < -0.4 is 5.73 Å². The first-order valence-corrected chi connectivity index (χ1v) is 7.28. The molecule has 2 atom stereocenters. The fourth-order valence-corrected chi connectivity index (χ4v) is 2.68. The molecule has 0 aromatic carbocycles. The number of amides is 1. The monoisotopic (exact) mass is 254 g/mol. The normalized spacial score (nSPS) is 23.9. The van der Waals surface area contributed by atoms with Crippen LogP contribution in [0.1, 0.15) is 53.9 Å². The second kappa shape index (κ2) is 6.05. The van der Waals surface area contributed by atoms with Crippen molar-refractivity contribution in [2.75, 3.05) is 13.1 Å². The minimum absolute atomic E-state index is 0.138. The molecular weight excluding hydrogens is 224 g/mol. The molecule has 1 heterocycles. The summed E-state index contributed by atoms with van der Waals surface area (Å²) in [4.78, 5) is 14.2. The van der Waals surface area contributed by atoms with E-state index in [1.807, 2.05) is 18.7 Å². The van der Waals surface area contributed by atoms with Crippen LogP contribution in [0.5, 0.6) is 0 Å². The van der Waals surface area contributed by atoms with Gasteiger partial charge in [0.25, 0.3) is 0 Å². The zero-order chi connectivity index (χ0) is 13.9. The van der Waals surface area contributed by atoms with Crippen LogP contribution in [-0.2, 0) is 4.79 Å². The predicted octanol–water partition coefficient (Wildman–Crippen LogP) is 2.64. The lowest BCUT2D eigenvalue weighted by Gasteiger charge is -2.30. The van der Waals surface area contributed by atoms with Crippen molar-refractivity contribution >= 4 is 5.91 Å². The van der Waals surface area contributed by atoms with Gasteiger partial charge in [-0.05, 0) is 36.5 Å². The van der Waals surface area contributed by atoms with E-state index < -0.39 is 0 Å². The van der Waals surface area contributed by atoms with Crippen molar-refractivity contribution < 1.29 is 4.79 Å². The molecule has 0 aromatic rings. The second-order valence-electron chi connectivity index (χ2n) is 7.09. The van der Waals surface area contributed by atoms with E-state index >= 15 is 0 Å². The van der Waals surface area contributed by atoms with Crippen molar-refractivity contribution in [2.24, 2.45) is 23.0 Å². The molecule has 1 aliphatic heterocycles. The van der Waals surface area contributed by atoms with Crippen molar-refractivity contribution in [2.45, 2.75) is 59.9 Å². The van der Waals surface area contributed by atoms with E-state index in [0.717, 1.165) is 25.9 Å². The lowest BCUT2D eigenvalue weighted by molar-refractivity contribution is -0.133. The molecule has 0 aliphatic carbocycles. The Balaban J connectivity index is 2.59. The molecule has 3 heteroatoms. The zero-order valence-corrected chi connectivity index (χ0v) is 12.7. The van der Waals surface area contributed by atoms with E-state index in [2.05, 4.69) is 20.8 Å². The van der Waals surface area contributed by atoms with Crippen LogP contribution in [-0.4, -0.2) is 29.9 Å². The molecule has 0 radical (unpaired) electrons. The van der Waals surface area contributed by atoms with Crippen LogP contribution in [0.2, 0.25) is 0 Å². The van der Waals surface area contributed by atoms with Gasteiger partial charge in [0.05, 0.1) is 6.04 Å². The van der Waals surface area contributed by atoms with Crippen molar-refractivity contribution in [3.05, 3.63) is 0 Å². The first-order valence-electron chi connectivity index (χ1n) is 7.28. The predicted molar refractivity (Wildman–Crippen MR) is 76.2 cm³/mol. The molecular formula is C15H30N2O. The first kappa shape index (κ1) is 15.5. The van der Waals surface area contributed by atoms with Gasteiger partial charge in [-0.15, -0.1) is 0 Å². The van der Waals surface area contributed by atoms with Crippen LogP contribution in [0.25, 0.3) is 0 Å². The van der Waals surface area contributed by atoms with Crippen LogP contribution in [0.4, 0.5) is 0 Å². The Labute approximate surface area is 112 Å². The molecule has 1 amide bonds. The molecule has 1 fully saturated rings. The zero-order valence-electron chi connectivity index (χ0n) is 12.7. The SMILES string of the molecule is CC(C)C(N)C(=O)N1CCCC(C(C)(C)C)CC1. The summed E-state index contributed by atoms with van der Waals surface area (Å²) in [5.74, 6) is 1.07. The van der Waals surface area contributed by atoms with Gasteiger partial charge in [0.2, 0.25) is 5.91 Å². The largest absolute Gasteiger partial charge is 0.341 e. The highest BCUT2D eigenvalue weighted by atomic mass is 16.2. The molecule has 0 bridgehead atoms. The molecule has 0 aromatic heterocycles. The average Bonchev–Trinajstić information content (AvgIpc) is 2.51. The Hall–Kier alpha value is -0.570. The van der Waals surface area contributed by atoms with Crippen LogP contribution in [0.3, 0.4) is 0 Å². The van der Waals surface area contributed by atoms with E-state index in [9.17, 15) is 4.79 Å². The van der Waals surface area contributed by atoms with Gasteiger partial charge in [-0.25, -0.2) is 0 Å². The summed E-state index contributed by atoms with van der Waals surface area (Å²) in [5.41, 5.74) is 6.32. The van der Waals surface area contributed by atoms with E-state index in [-0.39, 0.29) is 17.9 Å². The topological polar surface area (TPSA) is 46.3 Å². The number of nitrogens with two attached hydrogens (primary N) is 1. The van der Waals surface area contributed by atoms with E-state index in [0.29, 0.717) is 11.3 Å². The van der Waals surface area contributed by atoms with Gasteiger partial charge in [-0.2, -0.15) is 0 Å². The van der Waals surface area contributed by atoms with Gasteiger partial charge >= 0.3 is 0 Å². The molecule has 106 valence electrons. The quantitative estimate of drug-likeness (QED) is 0.823. The van der Waals surface area contributed by atoms with Gasteiger partial charge in [0.1, 0.15) is 0 Å². The Morgan fingerprint density at radius 1 is 1.22 bits per heavy atom. The van der Waals surface area contributed by atoms with Crippen molar-refractivity contribution in [3.8, 4) is 0 Å². The lowest BCUT2D eigenvalue weighted by Crippen LogP contribution is -2.46. The summed E-state index contributed by atoms with van der Waals surface area (Å²) in [6.07, 6.45) is 3.45. The maximum Gasteiger partial charge on any atom is 0.239 e. The highest BCUT2D eigenvalue weighted by Crippen LogP contribution is 2.34. The van der Waals surface area contributed by atoms with E-state index in [4.69, 9.17) is 5.73 Å². The maximum absolute atomic E-state index is 12.2. The Kier molecular flexibility index (Phi) is 5.20. The molecule has 1 rings (SSSR count). The summed E-state index contributed by atoms with van der Waals surface area (Å²) in [5, 5.41) is 0. The lowest BCUT2D eigenvalue weighted by atomic mass is 9.77. The molecule has 3 nitrogen and oxygen atoms in total. The Morgan fingerprint density at radius 3 is 2.33 bits per heavy atom. The van der Waals surface area contributed by atoms with Crippen molar-refractivity contribution in [1.29, 1.82) is 0 Å². The molecule has 2 N–H and O–H groups in total. The number of hydrogen-bond acceptors (Lipinski definition) is 2. The van der Waals surface area contributed by atoms with Gasteiger partial charge in [0, 0.05) is 13.1 Å². The number of likely N-dealkylation sites (tertiary alicyclic amines) is 1. The average molecular weight is 254 g/mol. The van der Waals surface area contributed by atoms with Crippen molar-refractivity contribution in [1.82, 2.24) is 4.90 Å². The van der Waals surface area contributed by atoms with E-state index in [1.165, 1.54) is 6.42 Å². The third-order valence-electron chi connectivity index (χ3n) is 4.27. The molecule has 0 saturated carbocycles. The fraction of sp³-hybridized carbons (Fsp3) is 0.933.